The Bertz CT molecular complexity index is 929. The van der Waals surface area contributed by atoms with Crippen molar-refractivity contribution in [2.75, 3.05) is 32.8 Å². The molecule has 30 heavy (non-hydrogen) atoms. The van der Waals surface area contributed by atoms with Crippen molar-refractivity contribution in [1.82, 2.24) is 4.57 Å². The molecule has 8 heteroatoms. The van der Waals surface area contributed by atoms with Crippen LogP contribution in [0, 0.1) is 5.41 Å². The highest BCUT2D eigenvalue weighted by molar-refractivity contribution is 5.92. The highest BCUT2D eigenvalue weighted by atomic mass is 16.5. The zero-order chi connectivity index (χ0) is 22.6. The lowest BCUT2D eigenvalue weighted by molar-refractivity contribution is 0.202. The third kappa shape index (κ3) is 4.80. The Labute approximate surface area is 177 Å². The summed E-state index contributed by atoms with van der Waals surface area (Å²) in [7, 11) is 4.39. The molecule has 2 aliphatic rings. The summed E-state index contributed by atoms with van der Waals surface area (Å²) in [5.74, 6) is 1.24. The monoisotopic (exact) mass is 420 g/mol. The molecule has 0 saturated heterocycles. The van der Waals surface area contributed by atoms with Crippen LogP contribution in [0.1, 0.15) is 40.5 Å². The van der Waals surface area contributed by atoms with Crippen LogP contribution in [0.4, 0.5) is 10.6 Å². The number of hydrogen-bond acceptors (Lipinski definition) is 5. The number of anilines is 1. The van der Waals surface area contributed by atoms with E-state index in [4.69, 9.17) is 14.2 Å². The summed E-state index contributed by atoms with van der Waals surface area (Å²) in [4.78, 5) is 25.9. The fourth-order valence-electron chi connectivity index (χ4n) is 3.32. The number of methoxy groups -OCH3 is 2. The second-order valence-corrected chi connectivity index (χ2v) is 8.41. The standard InChI is InChI=1S/C22H32N2O6/c1-8-9-10-30-19-17-14(15(25)11-16(28-6)18(17)29-7)12-24(13-22(2,3)4)20(19)23(5)21(26)27/h11-12H,8-10,13H2,1-7H3,(H,26,27). The number of amides is 1. The lowest BCUT2D eigenvalue weighted by Gasteiger charge is -2.30. The third-order valence-electron chi connectivity index (χ3n) is 4.65. The van der Waals surface area contributed by atoms with E-state index in [0.717, 1.165) is 17.7 Å². The molecule has 1 N–H and O–H groups in total. The predicted molar refractivity (Wildman–Crippen MR) is 117 cm³/mol. The van der Waals surface area contributed by atoms with Crippen molar-refractivity contribution in [3.8, 4) is 28.4 Å². The highest BCUT2D eigenvalue weighted by Crippen LogP contribution is 2.48. The van der Waals surface area contributed by atoms with E-state index in [1.165, 1.54) is 27.3 Å². The van der Waals surface area contributed by atoms with Crippen LogP contribution in [0.5, 0.6) is 17.2 Å². The molecule has 1 aliphatic carbocycles. The molecule has 0 aromatic rings. The van der Waals surface area contributed by atoms with Crippen LogP contribution in [-0.2, 0) is 6.54 Å². The number of hydrogen-bond donors (Lipinski definition) is 1. The molecule has 0 atom stereocenters. The normalized spacial score (nSPS) is 11.4. The van der Waals surface area contributed by atoms with Gasteiger partial charge in [0.1, 0.15) is 0 Å². The first kappa shape index (κ1) is 23.4. The number of unbranched alkanes of at least 4 members (excludes halogenated alkanes) is 1. The van der Waals surface area contributed by atoms with Crippen molar-refractivity contribution in [2.45, 2.75) is 47.1 Å². The summed E-state index contributed by atoms with van der Waals surface area (Å²) in [5, 5.41) is 9.75. The topological polar surface area (TPSA) is 90.2 Å². The smallest absolute Gasteiger partial charge is 0.412 e. The van der Waals surface area contributed by atoms with Gasteiger partial charge in [0.2, 0.25) is 0 Å². The van der Waals surface area contributed by atoms with E-state index in [-0.39, 0.29) is 16.6 Å². The fourth-order valence-corrected chi connectivity index (χ4v) is 3.32. The van der Waals surface area contributed by atoms with Crippen molar-refractivity contribution < 1.29 is 24.1 Å². The average Bonchev–Trinajstić information content (AvgIpc) is 2.66. The molecule has 0 radical (unpaired) electrons. The van der Waals surface area contributed by atoms with Gasteiger partial charge in [0.05, 0.1) is 32.0 Å². The van der Waals surface area contributed by atoms with Gasteiger partial charge in [0.25, 0.3) is 0 Å². The zero-order valence-corrected chi connectivity index (χ0v) is 18.9. The third-order valence-corrected chi connectivity index (χ3v) is 4.65. The molecule has 0 unspecified atom stereocenters. The molecule has 1 heterocycles. The number of benzene rings is 1. The van der Waals surface area contributed by atoms with Gasteiger partial charge in [-0.05, 0) is 11.8 Å². The predicted octanol–water partition coefficient (Wildman–Crippen LogP) is 4.31. The van der Waals surface area contributed by atoms with Crippen LogP contribution in [0.25, 0.3) is 11.1 Å². The van der Waals surface area contributed by atoms with Gasteiger partial charge in [-0.15, -0.1) is 0 Å². The lowest BCUT2D eigenvalue weighted by atomic mass is 9.95. The minimum Gasteiger partial charge on any atom is -0.493 e. The molecule has 0 saturated carbocycles. The molecular weight excluding hydrogens is 388 g/mol. The quantitative estimate of drug-likeness (QED) is 0.640. The van der Waals surface area contributed by atoms with Gasteiger partial charge in [-0.1, -0.05) is 34.1 Å². The van der Waals surface area contributed by atoms with Crippen LogP contribution in [0.15, 0.2) is 17.1 Å². The van der Waals surface area contributed by atoms with Crippen LogP contribution < -0.4 is 24.5 Å². The fraction of sp³-hybridized carbons (Fsp3) is 0.545. The SMILES string of the molecule is CCCCOc1c2c(OC)c(OC)cc(=O)c-2cn(CC(C)(C)C)c1N(C)C(=O)O. The van der Waals surface area contributed by atoms with E-state index >= 15 is 0 Å². The largest absolute Gasteiger partial charge is 0.493 e. The molecule has 0 spiro atoms. The van der Waals surface area contributed by atoms with Crippen molar-refractivity contribution >= 4 is 11.9 Å². The Morgan fingerprint density at radius 1 is 1.20 bits per heavy atom. The molecule has 8 nitrogen and oxygen atoms in total. The first-order valence-corrected chi connectivity index (χ1v) is 9.97. The number of rotatable bonds is 8. The Balaban J connectivity index is 3.00. The van der Waals surface area contributed by atoms with E-state index in [9.17, 15) is 14.7 Å². The van der Waals surface area contributed by atoms with E-state index < -0.39 is 6.09 Å². The Morgan fingerprint density at radius 2 is 1.87 bits per heavy atom. The molecule has 0 fully saturated rings. The first-order valence-electron chi connectivity index (χ1n) is 9.97. The van der Waals surface area contributed by atoms with Crippen molar-refractivity contribution in [3.05, 3.63) is 22.5 Å². The molecular formula is C22H32N2O6. The van der Waals surface area contributed by atoms with Gasteiger partial charge in [-0.2, -0.15) is 0 Å². The molecule has 1 aliphatic heterocycles. The summed E-state index contributed by atoms with van der Waals surface area (Å²) in [6.45, 7) is 9.01. The van der Waals surface area contributed by atoms with Crippen LogP contribution >= 0.6 is 0 Å². The molecule has 2 rings (SSSR count). The minimum atomic E-state index is -1.14. The molecule has 0 aromatic carbocycles. The van der Waals surface area contributed by atoms with Gasteiger partial charge in [-0.25, -0.2) is 4.79 Å². The van der Waals surface area contributed by atoms with Crippen LogP contribution in [0.2, 0.25) is 0 Å². The Hall–Kier alpha value is -2.90. The van der Waals surface area contributed by atoms with E-state index in [1.807, 2.05) is 27.7 Å². The molecule has 166 valence electrons. The van der Waals surface area contributed by atoms with Crippen LogP contribution in [-0.4, -0.2) is 43.6 Å². The number of pyridine rings is 1. The summed E-state index contributed by atoms with van der Waals surface area (Å²) in [5.41, 5.74) is 0.361. The summed E-state index contributed by atoms with van der Waals surface area (Å²) in [6, 6.07) is 1.37. The number of nitrogens with zero attached hydrogens (tertiary/aromatic N) is 2. The number of carbonyl (C=O) groups is 1. The summed E-state index contributed by atoms with van der Waals surface area (Å²) in [6.07, 6.45) is 2.22. The number of fused-ring (bicyclic) bond motifs is 1. The van der Waals surface area contributed by atoms with Crippen LogP contribution in [0.3, 0.4) is 0 Å². The van der Waals surface area contributed by atoms with Crippen molar-refractivity contribution in [3.63, 3.8) is 0 Å². The van der Waals surface area contributed by atoms with Crippen molar-refractivity contribution in [1.29, 1.82) is 0 Å². The number of aromatic nitrogens is 1. The van der Waals surface area contributed by atoms with Gasteiger partial charge < -0.3 is 23.9 Å². The summed E-state index contributed by atoms with van der Waals surface area (Å²) < 4.78 is 18.8. The Kier molecular flexibility index (Phi) is 7.23. The number of carboxylic acid groups (broad SMARTS) is 1. The first-order chi connectivity index (χ1) is 14.1. The second-order valence-electron chi connectivity index (χ2n) is 8.41. The van der Waals surface area contributed by atoms with Gasteiger partial charge in [0, 0.05) is 25.9 Å². The van der Waals surface area contributed by atoms with E-state index in [2.05, 4.69) is 0 Å². The maximum Gasteiger partial charge on any atom is 0.412 e. The Morgan fingerprint density at radius 3 is 2.37 bits per heavy atom. The maximum atomic E-state index is 12.9. The maximum absolute atomic E-state index is 12.9. The molecule has 1 amide bonds. The van der Waals surface area contributed by atoms with E-state index in [0.29, 0.717) is 41.6 Å². The minimum absolute atomic E-state index is 0.174. The lowest BCUT2D eigenvalue weighted by Crippen LogP contribution is -2.31. The van der Waals surface area contributed by atoms with Crippen molar-refractivity contribution in [2.24, 2.45) is 5.41 Å². The van der Waals surface area contributed by atoms with Gasteiger partial charge in [-0.3, -0.25) is 9.69 Å². The van der Waals surface area contributed by atoms with E-state index in [1.54, 1.807) is 10.8 Å². The highest BCUT2D eigenvalue weighted by Gasteiger charge is 2.31. The summed E-state index contributed by atoms with van der Waals surface area (Å²) >= 11 is 0. The average molecular weight is 421 g/mol. The zero-order valence-electron chi connectivity index (χ0n) is 18.9. The van der Waals surface area contributed by atoms with Gasteiger partial charge >= 0.3 is 6.09 Å². The number of ether oxygens (including phenoxy) is 3. The van der Waals surface area contributed by atoms with Gasteiger partial charge in [0.15, 0.2) is 28.5 Å². The molecule has 0 bridgehead atoms. The second kappa shape index (κ2) is 9.28. The molecule has 0 aromatic heterocycles.